The molecule has 1 amide bonds. The largest absolute Gasteiger partial charge is 0.360 e. The fraction of sp³-hybridized carbons (Fsp3) is 0.588. The molecule has 0 aromatic heterocycles. The average molecular weight is 387 g/mol. The number of nitrogens with zero attached hydrogens (tertiary/aromatic N) is 1. The maximum absolute atomic E-state index is 12.2. The Morgan fingerprint density at radius 3 is 2.72 bits per heavy atom. The molecule has 2 aliphatic heterocycles. The van der Waals surface area contributed by atoms with Crippen molar-refractivity contribution < 1.29 is 18.1 Å². The van der Waals surface area contributed by atoms with Crippen LogP contribution in [0.3, 0.4) is 0 Å². The summed E-state index contributed by atoms with van der Waals surface area (Å²) in [5.41, 5.74) is 2.36. The summed E-state index contributed by atoms with van der Waals surface area (Å²) in [5.74, 6) is 0.211. The quantitative estimate of drug-likeness (QED) is 0.742. The van der Waals surface area contributed by atoms with Gasteiger partial charge in [-0.05, 0) is 31.0 Å². The van der Waals surface area contributed by atoms with Gasteiger partial charge >= 0.3 is 0 Å². The molecule has 2 aliphatic rings. The first-order valence-corrected chi connectivity index (χ1v) is 10.9. The van der Waals surface area contributed by atoms with Crippen LogP contribution in [0.15, 0.2) is 18.2 Å². The average Bonchev–Trinajstić information content (AvgIpc) is 2.89. The molecule has 3 rings (SSSR count). The molecule has 1 atom stereocenters. The van der Waals surface area contributed by atoms with Crippen LogP contribution in [0.2, 0.25) is 5.02 Å². The first-order chi connectivity index (χ1) is 11.8. The number of benzene rings is 1. The van der Waals surface area contributed by atoms with Gasteiger partial charge in [-0.1, -0.05) is 17.7 Å². The Hall–Kier alpha value is -1.31. The normalized spacial score (nSPS) is 23.6. The molecule has 2 saturated heterocycles. The van der Waals surface area contributed by atoms with Crippen molar-refractivity contribution >= 4 is 33.0 Å². The molecule has 0 radical (unpaired) electrons. The molecule has 0 saturated carbocycles. The molecule has 0 unspecified atom stereocenters. The Morgan fingerprint density at radius 2 is 2.08 bits per heavy atom. The van der Waals surface area contributed by atoms with Crippen LogP contribution in [0, 0.1) is 6.92 Å². The summed E-state index contributed by atoms with van der Waals surface area (Å²) in [4.78, 5) is 15.7. The fourth-order valence-electron chi connectivity index (χ4n) is 3.58. The number of sulfone groups is 1. The van der Waals surface area contributed by atoms with E-state index in [0.29, 0.717) is 13.0 Å². The number of anilines is 1. The van der Waals surface area contributed by atoms with Crippen molar-refractivity contribution in [2.75, 3.05) is 49.1 Å². The zero-order valence-corrected chi connectivity index (χ0v) is 16.0. The zero-order valence-electron chi connectivity index (χ0n) is 14.4. The van der Waals surface area contributed by atoms with Gasteiger partial charge in [0.2, 0.25) is 0 Å². The summed E-state index contributed by atoms with van der Waals surface area (Å²) in [5, 5.41) is 3.61. The second-order valence-electron chi connectivity index (χ2n) is 7.01. The first kappa shape index (κ1) is 18.5. The van der Waals surface area contributed by atoms with Gasteiger partial charge in [0.25, 0.3) is 5.91 Å². The van der Waals surface area contributed by atoms with E-state index in [9.17, 15) is 13.2 Å². The highest BCUT2D eigenvalue weighted by Gasteiger charge is 2.30. The third-order valence-corrected chi connectivity index (χ3v) is 6.99. The van der Waals surface area contributed by atoms with E-state index in [1.807, 2.05) is 18.2 Å². The molecular weight excluding hydrogens is 362 g/mol. The van der Waals surface area contributed by atoms with Gasteiger partial charge in [0.15, 0.2) is 16.4 Å². The van der Waals surface area contributed by atoms with Gasteiger partial charge in [0.05, 0.1) is 37.7 Å². The molecular formula is C17H25ClN3O3S+. The number of hydrogen-bond acceptors (Lipinski definition) is 4. The molecule has 0 bridgehead atoms. The van der Waals surface area contributed by atoms with E-state index in [4.69, 9.17) is 11.6 Å². The zero-order chi connectivity index (χ0) is 18.0. The third-order valence-electron chi connectivity index (χ3n) is 4.99. The van der Waals surface area contributed by atoms with Crippen molar-refractivity contribution in [3.05, 3.63) is 28.8 Å². The minimum Gasteiger partial charge on any atom is -0.360 e. The van der Waals surface area contributed by atoms with Crippen molar-refractivity contribution in [1.29, 1.82) is 0 Å². The number of quaternary nitrogens is 1. The third kappa shape index (κ3) is 4.86. The number of carbonyl (C=O) groups is 1. The van der Waals surface area contributed by atoms with Gasteiger partial charge in [0, 0.05) is 16.8 Å². The van der Waals surface area contributed by atoms with E-state index in [0.717, 1.165) is 36.9 Å². The predicted molar refractivity (Wildman–Crippen MR) is 99.2 cm³/mol. The maximum Gasteiger partial charge on any atom is 0.275 e. The molecule has 2 heterocycles. The Labute approximate surface area is 154 Å². The Kier molecular flexibility index (Phi) is 5.55. The predicted octanol–water partition coefficient (Wildman–Crippen LogP) is -0.343. The van der Waals surface area contributed by atoms with Crippen molar-refractivity contribution in [2.24, 2.45) is 0 Å². The maximum atomic E-state index is 12.2. The number of rotatable bonds is 4. The minimum atomic E-state index is -2.96. The SMILES string of the molecule is Cc1ccc(Cl)cc1N1CC[NH+](CC(=O)N[C@@H]2CCS(=O)(=O)C2)CC1. The number of aryl methyl sites for hydroxylation is 1. The van der Waals surface area contributed by atoms with Gasteiger partial charge in [-0.15, -0.1) is 0 Å². The molecule has 2 N–H and O–H groups in total. The molecule has 0 spiro atoms. The fourth-order valence-corrected chi connectivity index (χ4v) is 5.42. The first-order valence-electron chi connectivity index (χ1n) is 8.67. The molecule has 0 aliphatic carbocycles. The summed E-state index contributed by atoms with van der Waals surface area (Å²) in [6.07, 6.45) is 0.533. The van der Waals surface area contributed by atoms with Crippen LogP contribution in [0.25, 0.3) is 0 Å². The molecule has 1 aromatic carbocycles. The smallest absolute Gasteiger partial charge is 0.275 e. The second kappa shape index (κ2) is 7.51. The van der Waals surface area contributed by atoms with E-state index < -0.39 is 9.84 Å². The number of piperazine rings is 1. The lowest BCUT2D eigenvalue weighted by atomic mass is 10.1. The van der Waals surface area contributed by atoms with E-state index in [1.54, 1.807) is 0 Å². The second-order valence-corrected chi connectivity index (χ2v) is 9.68. The Bertz CT molecular complexity index is 746. The summed E-state index contributed by atoms with van der Waals surface area (Å²) in [6.45, 7) is 5.99. The van der Waals surface area contributed by atoms with E-state index in [1.165, 1.54) is 10.5 Å². The van der Waals surface area contributed by atoms with Crippen LogP contribution in [0.4, 0.5) is 5.69 Å². The van der Waals surface area contributed by atoms with Gasteiger partial charge in [-0.3, -0.25) is 4.79 Å². The van der Waals surface area contributed by atoms with Crippen LogP contribution in [-0.4, -0.2) is 64.6 Å². The Balaban J connectivity index is 1.48. The summed E-state index contributed by atoms with van der Waals surface area (Å²) >= 11 is 6.11. The standard InChI is InChI=1S/C17H24ClN3O3S/c1-13-2-3-14(18)10-16(13)21-7-5-20(6-8-21)11-17(22)19-15-4-9-25(23,24)12-15/h2-3,10,15H,4-9,11-12H2,1H3,(H,19,22)/p+1/t15-/m1/s1. The molecule has 138 valence electrons. The molecule has 6 nitrogen and oxygen atoms in total. The lowest BCUT2D eigenvalue weighted by molar-refractivity contribution is -0.892. The minimum absolute atomic E-state index is 0.0514. The van der Waals surface area contributed by atoms with Gasteiger partial charge in [0.1, 0.15) is 0 Å². The van der Waals surface area contributed by atoms with Crippen molar-refractivity contribution in [3.63, 3.8) is 0 Å². The molecule has 2 fully saturated rings. The number of hydrogen-bond donors (Lipinski definition) is 2. The number of amides is 1. The van der Waals surface area contributed by atoms with Crippen molar-refractivity contribution in [1.82, 2.24) is 5.32 Å². The topological polar surface area (TPSA) is 70.9 Å². The summed E-state index contributed by atoms with van der Waals surface area (Å²) in [6, 6.07) is 5.71. The van der Waals surface area contributed by atoms with Gasteiger partial charge < -0.3 is 15.1 Å². The van der Waals surface area contributed by atoms with E-state index >= 15 is 0 Å². The van der Waals surface area contributed by atoms with Gasteiger partial charge in [-0.25, -0.2) is 8.42 Å². The lowest BCUT2D eigenvalue weighted by Gasteiger charge is -2.34. The highest BCUT2D eigenvalue weighted by molar-refractivity contribution is 7.91. The highest BCUT2D eigenvalue weighted by Crippen LogP contribution is 2.24. The van der Waals surface area contributed by atoms with Gasteiger partial charge in [-0.2, -0.15) is 0 Å². The number of halogens is 1. The number of carbonyl (C=O) groups excluding carboxylic acids is 1. The summed E-state index contributed by atoms with van der Waals surface area (Å²) in [7, 11) is -2.96. The lowest BCUT2D eigenvalue weighted by Crippen LogP contribution is -3.16. The Morgan fingerprint density at radius 1 is 1.36 bits per heavy atom. The van der Waals surface area contributed by atoms with Crippen molar-refractivity contribution in [2.45, 2.75) is 19.4 Å². The highest BCUT2D eigenvalue weighted by atomic mass is 35.5. The van der Waals surface area contributed by atoms with Crippen LogP contribution >= 0.6 is 11.6 Å². The molecule has 1 aromatic rings. The molecule has 8 heteroatoms. The molecule has 25 heavy (non-hydrogen) atoms. The van der Waals surface area contributed by atoms with E-state index in [2.05, 4.69) is 17.1 Å². The van der Waals surface area contributed by atoms with E-state index in [-0.39, 0.29) is 23.5 Å². The number of nitrogens with one attached hydrogen (secondary N) is 2. The van der Waals surface area contributed by atoms with Crippen LogP contribution in [-0.2, 0) is 14.6 Å². The summed E-state index contributed by atoms with van der Waals surface area (Å²) < 4.78 is 22.9. The van der Waals surface area contributed by atoms with Crippen molar-refractivity contribution in [3.8, 4) is 0 Å². The monoisotopic (exact) mass is 386 g/mol. The van der Waals surface area contributed by atoms with Crippen LogP contribution in [0.5, 0.6) is 0 Å². The van der Waals surface area contributed by atoms with Crippen LogP contribution < -0.4 is 15.1 Å². The van der Waals surface area contributed by atoms with Crippen LogP contribution in [0.1, 0.15) is 12.0 Å².